The van der Waals surface area contributed by atoms with Gasteiger partial charge in [0.15, 0.2) is 0 Å². The van der Waals surface area contributed by atoms with E-state index in [1.165, 1.54) is 7.11 Å². The lowest BCUT2D eigenvalue weighted by Gasteiger charge is -2.34. The van der Waals surface area contributed by atoms with Crippen LogP contribution in [0.2, 0.25) is 0 Å². The molecule has 0 spiro atoms. The second-order valence-electron chi connectivity index (χ2n) is 8.90. The third-order valence-electron chi connectivity index (χ3n) is 5.15. The van der Waals surface area contributed by atoms with E-state index in [-0.39, 0.29) is 24.0 Å². The topological polar surface area (TPSA) is 97.0 Å². The van der Waals surface area contributed by atoms with Crippen LogP contribution in [0.25, 0.3) is 0 Å². The first-order valence-electron chi connectivity index (χ1n) is 10.4. The van der Waals surface area contributed by atoms with Crippen molar-refractivity contribution in [2.24, 2.45) is 5.92 Å². The smallest absolute Gasteiger partial charge is 0.410 e. The standard InChI is InChI=1S/C22H31N3O5/c1-22(2,3)30-21(28)25-11-9-16(10-12-25)23-18-13-15(20(27)29-4)7-8-17(18)24-19(26)14-5-6-14/h7-8,13-14,16,23H,5-6,9-12H2,1-4H3,(H,24,26). The van der Waals surface area contributed by atoms with Gasteiger partial charge in [0.05, 0.1) is 24.0 Å². The zero-order valence-electron chi connectivity index (χ0n) is 18.1. The molecule has 1 aliphatic heterocycles. The first-order valence-corrected chi connectivity index (χ1v) is 10.4. The fraction of sp³-hybridized carbons (Fsp3) is 0.591. The maximum Gasteiger partial charge on any atom is 0.410 e. The van der Waals surface area contributed by atoms with Crippen LogP contribution in [-0.4, -0.2) is 54.7 Å². The van der Waals surface area contributed by atoms with Gasteiger partial charge in [0, 0.05) is 25.0 Å². The molecule has 0 aromatic heterocycles. The summed E-state index contributed by atoms with van der Waals surface area (Å²) >= 11 is 0. The molecular formula is C22H31N3O5. The number of anilines is 2. The molecule has 164 valence electrons. The van der Waals surface area contributed by atoms with Gasteiger partial charge in [0.25, 0.3) is 0 Å². The summed E-state index contributed by atoms with van der Waals surface area (Å²) in [4.78, 5) is 38.2. The molecule has 1 aromatic rings. The van der Waals surface area contributed by atoms with E-state index in [0.717, 1.165) is 25.7 Å². The number of benzene rings is 1. The maximum atomic E-state index is 12.3. The highest BCUT2D eigenvalue weighted by Gasteiger charge is 2.31. The molecule has 1 saturated carbocycles. The van der Waals surface area contributed by atoms with Crippen LogP contribution in [0, 0.1) is 5.92 Å². The van der Waals surface area contributed by atoms with E-state index < -0.39 is 11.6 Å². The second kappa shape index (κ2) is 8.93. The van der Waals surface area contributed by atoms with E-state index in [1.807, 2.05) is 20.8 Å². The minimum Gasteiger partial charge on any atom is -0.465 e. The Labute approximate surface area is 177 Å². The number of hydrogen-bond acceptors (Lipinski definition) is 6. The molecule has 2 N–H and O–H groups in total. The van der Waals surface area contributed by atoms with Crippen LogP contribution in [-0.2, 0) is 14.3 Å². The number of carbonyl (C=O) groups excluding carboxylic acids is 3. The van der Waals surface area contributed by atoms with E-state index >= 15 is 0 Å². The van der Waals surface area contributed by atoms with E-state index in [4.69, 9.17) is 9.47 Å². The summed E-state index contributed by atoms with van der Waals surface area (Å²) in [5.74, 6) is -0.350. The summed E-state index contributed by atoms with van der Waals surface area (Å²) in [6.07, 6.45) is 3.00. The van der Waals surface area contributed by atoms with Crippen LogP contribution >= 0.6 is 0 Å². The maximum absolute atomic E-state index is 12.3. The van der Waals surface area contributed by atoms with Gasteiger partial charge < -0.3 is 25.0 Å². The SMILES string of the molecule is COC(=O)c1ccc(NC(=O)C2CC2)c(NC2CCN(C(=O)OC(C)(C)C)CC2)c1. The first kappa shape index (κ1) is 21.9. The van der Waals surface area contributed by atoms with Gasteiger partial charge in [-0.3, -0.25) is 4.79 Å². The Morgan fingerprint density at radius 1 is 1.03 bits per heavy atom. The number of piperidine rings is 1. The number of rotatable bonds is 5. The Balaban J connectivity index is 1.66. The van der Waals surface area contributed by atoms with Gasteiger partial charge in [-0.1, -0.05) is 0 Å². The summed E-state index contributed by atoms with van der Waals surface area (Å²) in [7, 11) is 1.34. The largest absolute Gasteiger partial charge is 0.465 e. The van der Waals surface area contributed by atoms with Gasteiger partial charge in [-0.15, -0.1) is 0 Å². The van der Waals surface area contributed by atoms with Crippen molar-refractivity contribution >= 4 is 29.3 Å². The molecule has 1 saturated heterocycles. The number of ether oxygens (including phenoxy) is 2. The van der Waals surface area contributed by atoms with E-state index in [0.29, 0.717) is 30.0 Å². The molecule has 8 nitrogen and oxygen atoms in total. The van der Waals surface area contributed by atoms with Crippen molar-refractivity contribution in [1.29, 1.82) is 0 Å². The lowest BCUT2D eigenvalue weighted by molar-refractivity contribution is -0.117. The van der Waals surface area contributed by atoms with E-state index in [2.05, 4.69) is 10.6 Å². The van der Waals surface area contributed by atoms with Crippen molar-refractivity contribution in [2.45, 2.75) is 58.1 Å². The predicted octanol–water partition coefficient (Wildman–Crippen LogP) is 3.63. The van der Waals surface area contributed by atoms with Gasteiger partial charge in [-0.05, 0) is 64.7 Å². The van der Waals surface area contributed by atoms with Gasteiger partial charge in [-0.2, -0.15) is 0 Å². The van der Waals surface area contributed by atoms with E-state index in [9.17, 15) is 14.4 Å². The van der Waals surface area contributed by atoms with Crippen LogP contribution in [0.3, 0.4) is 0 Å². The Morgan fingerprint density at radius 2 is 1.70 bits per heavy atom. The molecule has 1 aromatic carbocycles. The molecule has 1 heterocycles. The second-order valence-corrected chi connectivity index (χ2v) is 8.90. The van der Waals surface area contributed by atoms with Gasteiger partial charge in [-0.25, -0.2) is 9.59 Å². The van der Waals surface area contributed by atoms with Crippen LogP contribution in [0.15, 0.2) is 18.2 Å². The molecule has 2 aliphatic rings. The van der Waals surface area contributed by atoms with E-state index in [1.54, 1.807) is 23.1 Å². The van der Waals surface area contributed by atoms with Crippen molar-refractivity contribution in [1.82, 2.24) is 4.90 Å². The lowest BCUT2D eigenvalue weighted by Crippen LogP contribution is -2.44. The summed E-state index contributed by atoms with van der Waals surface area (Å²) < 4.78 is 10.3. The zero-order chi connectivity index (χ0) is 21.9. The van der Waals surface area contributed by atoms with Crippen molar-refractivity contribution in [3.8, 4) is 0 Å². The number of amides is 2. The zero-order valence-corrected chi connectivity index (χ0v) is 18.1. The molecule has 30 heavy (non-hydrogen) atoms. The van der Waals surface area contributed by atoms with Crippen molar-refractivity contribution in [3.63, 3.8) is 0 Å². The molecule has 2 amide bonds. The Morgan fingerprint density at radius 3 is 2.27 bits per heavy atom. The summed E-state index contributed by atoms with van der Waals surface area (Å²) in [5.41, 5.74) is 1.22. The Hall–Kier alpha value is -2.77. The van der Waals surface area contributed by atoms with Gasteiger partial charge in [0.1, 0.15) is 5.60 Å². The minimum absolute atomic E-state index is 0.00335. The average molecular weight is 418 g/mol. The highest BCUT2D eigenvalue weighted by atomic mass is 16.6. The van der Waals surface area contributed by atoms with Crippen LogP contribution in [0.4, 0.5) is 16.2 Å². The van der Waals surface area contributed by atoms with Crippen LogP contribution in [0.1, 0.15) is 56.8 Å². The quantitative estimate of drug-likeness (QED) is 0.710. The number of methoxy groups -OCH3 is 1. The average Bonchev–Trinajstić information content (AvgIpc) is 3.53. The number of esters is 1. The summed E-state index contributed by atoms with van der Waals surface area (Å²) in [6.45, 7) is 6.71. The molecule has 0 unspecified atom stereocenters. The molecule has 8 heteroatoms. The summed E-state index contributed by atoms with van der Waals surface area (Å²) in [6, 6.07) is 5.18. The monoisotopic (exact) mass is 417 g/mol. The van der Waals surface area contributed by atoms with Crippen molar-refractivity contribution < 1.29 is 23.9 Å². The first-order chi connectivity index (χ1) is 14.2. The molecule has 2 fully saturated rings. The molecule has 0 bridgehead atoms. The highest BCUT2D eigenvalue weighted by molar-refractivity contribution is 5.99. The van der Waals surface area contributed by atoms with Gasteiger partial charge in [0.2, 0.25) is 5.91 Å². The molecule has 0 atom stereocenters. The van der Waals surface area contributed by atoms with Crippen molar-refractivity contribution in [3.05, 3.63) is 23.8 Å². The fourth-order valence-electron chi connectivity index (χ4n) is 3.35. The number of likely N-dealkylation sites (tertiary alicyclic amines) is 1. The molecule has 0 radical (unpaired) electrons. The number of nitrogens with zero attached hydrogens (tertiary/aromatic N) is 1. The van der Waals surface area contributed by atoms with Crippen molar-refractivity contribution in [2.75, 3.05) is 30.8 Å². The number of hydrogen-bond donors (Lipinski definition) is 2. The van der Waals surface area contributed by atoms with Gasteiger partial charge >= 0.3 is 12.1 Å². The minimum atomic E-state index is -0.519. The number of nitrogens with one attached hydrogen (secondary N) is 2. The third kappa shape index (κ3) is 5.87. The summed E-state index contributed by atoms with van der Waals surface area (Å²) in [5, 5.41) is 6.40. The lowest BCUT2D eigenvalue weighted by atomic mass is 10.0. The normalized spacial score (nSPS) is 17.3. The van der Waals surface area contributed by atoms with Crippen LogP contribution < -0.4 is 10.6 Å². The third-order valence-corrected chi connectivity index (χ3v) is 5.15. The number of carbonyl (C=O) groups is 3. The predicted molar refractivity (Wildman–Crippen MR) is 114 cm³/mol. The Kier molecular flexibility index (Phi) is 6.53. The van der Waals surface area contributed by atoms with Crippen LogP contribution in [0.5, 0.6) is 0 Å². The Bertz CT molecular complexity index is 805. The highest BCUT2D eigenvalue weighted by Crippen LogP contribution is 2.33. The molecule has 3 rings (SSSR count). The molecular weight excluding hydrogens is 386 g/mol. The molecule has 1 aliphatic carbocycles. The fourth-order valence-corrected chi connectivity index (χ4v) is 3.35.